The second-order valence-corrected chi connectivity index (χ2v) is 8.33. The minimum atomic E-state index is -0.206. The number of hydrogen-bond donors (Lipinski definition) is 0. The zero-order chi connectivity index (χ0) is 18.4. The molecule has 0 saturated heterocycles. The van der Waals surface area contributed by atoms with E-state index in [0.29, 0.717) is 17.9 Å². The molecule has 1 aromatic carbocycles. The van der Waals surface area contributed by atoms with Gasteiger partial charge in [0.1, 0.15) is 5.75 Å². The summed E-state index contributed by atoms with van der Waals surface area (Å²) < 4.78 is 11.3. The van der Waals surface area contributed by atoms with E-state index in [1.807, 2.05) is 13.8 Å². The normalized spacial score (nSPS) is 15.2. The second-order valence-electron chi connectivity index (χ2n) is 8.33. The van der Waals surface area contributed by atoms with Crippen LogP contribution in [0.25, 0.3) is 0 Å². The van der Waals surface area contributed by atoms with Crippen LogP contribution in [0.5, 0.6) is 5.75 Å². The summed E-state index contributed by atoms with van der Waals surface area (Å²) in [5.74, 6) is 1.43. The van der Waals surface area contributed by atoms with E-state index in [1.165, 1.54) is 24.8 Å². The maximum absolute atomic E-state index is 5.80. The zero-order valence-corrected chi connectivity index (χ0v) is 17.1. The maximum atomic E-state index is 5.80. The van der Waals surface area contributed by atoms with E-state index in [-0.39, 0.29) is 11.7 Å². The molecule has 138 valence electrons. The highest BCUT2D eigenvalue weighted by molar-refractivity contribution is 5.30. The Bertz CT molecular complexity index is 473. The molecule has 0 fully saturated rings. The van der Waals surface area contributed by atoms with Gasteiger partial charge in [0, 0.05) is 6.61 Å². The smallest absolute Gasteiger partial charge is 0.196 e. The maximum Gasteiger partial charge on any atom is 0.196 e. The summed E-state index contributed by atoms with van der Waals surface area (Å²) in [6.45, 7) is 18.7. The molecular formula is C22H38O2. The van der Waals surface area contributed by atoms with Crippen molar-refractivity contribution < 1.29 is 9.47 Å². The van der Waals surface area contributed by atoms with E-state index >= 15 is 0 Å². The van der Waals surface area contributed by atoms with Crippen LogP contribution in [-0.2, 0) is 4.74 Å². The third-order valence-electron chi connectivity index (χ3n) is 5.55. The summed E-state index contributed by atoms with van der Waals surface area (Å²) in [6, 6.07) is 8.65. The van der Waals surface area contributed by atoms with Crippen LogP contribution in [0.3, 0.4) is 0 Å². The summed E-state index contributed by atoms with van der Waals surface area (Å²) in [5.41, 5.74) is 2.06. The van der Waals surface area contributed by atoms with E-state index in [2.05, 4.69) is 65.8 Å². The average molecular weight is 335 g/mol. The van der Waals surface area contributed by atoms with Gasteiger partial charge in [0.25, 0.3) is 0 Å². The first-order chi connectivity index (χ1) is 11.1. The molecule has 0 aliphatic carbocycles. The largest absolute Gasteiger partial charge is 0.465 e. The molecule has 1 rings (SSSR count). The van der Waals surface area contributed by atoms with Crippen molar-refractivity contribution in [1.29, 1.82) is 0 Å². The minimum Gasteiger partial charge on any atom is -0.465 e. The van der Waals surface area contributed by atoms with E-state index in [0.717, 1.165) is 5.75 Å². The third-order valence-corrected chi connectivity index (χ3v) is 5.55. The van der Waals surface area contributed by atoms with Gasteiger partial charge in [0.2, 0.25) is 0 Å². The molecule has 0 aliphatic rings. The first-order valence-corrected chi connectivity index (χ1v) is 9.53. The second kappa shape index (κ2) is 8.89. The molecule has 0 radical (unpaired) electrons. The van der Waals surface area contributed by atoms with E-state index in [1.54, 1.807) is 0 Å². The number of hydrogen-bond acceptors (Lipinski definition) is 2. The Labute approximate surface area is 149 Å². The summed E-state index contributed by atoms with van der Waals surface area (Å²) in [6.07, 6.45) is 3.38. The molecule has 0 bridgehead atoms. The van der Waals surface area contributed by atoms with E-state index < -0.39 is 0 Å². The van der Waals surface area contributed by atoms with Crippen LogP contribution < -0.4 is 4.74 Å². The molecule has 2 unspecified atom stereocenters. The van der Waals surface area contributed by atoms with Crippen molar-refractivity contribution in [2.75, 3.05) is 6.61 Å². The van der Waals surface area contributed by atoms with Gasteiger partial charge in [0.15, 0.2) is 6.29 Å². The minimum absolute atomic E-state index is 0.206. The van der Waals surface area contributed by atoms with Gasteiger partial charge in [-0.15, -0.1) is 0 Å². The Morgan fingerprint density at radius 1 is 0.917 bits per heavy atom. The average Bonchev–Trinajstić information content (AvgIpc) is 2.54. The summed E-state index contributed by atoms with van der Waals surface area (Å²) in [4.78, 5) is 0. The van der Waals surface area contributed by atoms with Gasteiger partial charge in [-0.05, 0) is 54.7 Å². The predicted molar refractivity (Wildman–Crippen MR) is 104 cm³/mol. The fourth-order valence-corrected chi connectivity index (χ4v) is 3.03. The van der Waals surface area contributed by atoms with E-state index in [9.17, 15) is 0 Å². The van der Waals surface area contributed by atoms with Gasteiger partial charge in [0.05, 0.1) is 0 Å². The molecule has 2 nitrogen and oxygen atoms in total. The number of benzene rings is 1. The van der Waals surface area contributed by atoms with Crippen molar-refractivity contribution in [3.05, 3.63) is 29.8 Å². The molecular weight excluding hydrogens is 296 g/mol. The van der Waals surface area contributed by atoms with Gasteiger partial charge < -0.3 is 9.47 Å². The first kappa shape index (κ1) is 21.0. The molecule has 24 heavy (non-hydrogen) atoms. The highest BCUT2D eigenvalue weighted by atomic mass is 16.7. The molecule has 2 heteroatoms. The lowest BCUT2D eigenvalue weighted by molar-refractivity contribution is -0.0613. The fraction of sp³-hybridized carbons (Fsp3) is 0.727. The van der Waals surface area contributed by atoms with Crippen LogP contribution in [0.4, 0.5) is 0 Å². The lowest BCUT2D eigenvalue weighted by atomic mass is 9.66. The van der Waals surface area contributed by atoms with Gasteiger partial charge in [-0.2, -0.15) is 0 Å². The lowest BCUT2D eigenvalue weighted by Crippen LogP contribution is -2.27. The van der Waals surface area contributed by atoms with Crippen LogP contribution in [0.2, 0.25) is 0 Å². The number of rotatable bonds is 10. The van der Waals surface area contributed by atoms with Crippen molar-refractivity contribution >= 4 is 0 Å². The molecule has 0 amide bonds. The van der Waals surface area contributed by atoms with Gasteiger partial charge in [-0.25, -0.2) is 0 Å². The Morgan fingerprint density at radius 3 is 1.96 bits per heavy atom. The Balaban J connectivity index is 2.98. The van der Waals surface area contributed by atoms with Crippen LogP contribution in [0.1, 0.15) is 86.1 Å². The van der Waals surface area contributed by atoms with Crippen molar-refractivity contribution in [2.45, 2.75) is 86.9 Å². The molecule has 1 aromatic rings. The Hall–Kier alpha value is -1.02. The van der Waals surface area contributed by atoms with E-state index in [4.69, 9.17) is 9.47 Å². The predicted octanol–water partition coefficient (Wildman–Crippen LogP) is 6.79. The third kappa shape index (κ3) is 6.12. The molecule has 0 saturated carbocycles. The standard InChI is InChI=1S/C22H38O2/c1-9-21(5,6)16-20(22(7,8)10-2)18-12-14-19(15-13-18)24-17(4)23-11-3/h12-15,17,20H,9-11,16H2,1-8H3. The molecule has 0 aliphatic heterocycles. The van der Waals surface area contributed by atoms with Crippen LogP contribution >= 0.6 is 0 Å². The highest BCUT2D eigenvalue weighted by Gasteiger charge is 2.33. The number of ether oxygens (including phenoxy) is 2. The molecule has 0 heterocycles. The van der Waals surface area contributed by atoms with Crippen LogP contribution in [0, 0.1) is 10.8 Å². The highest BCUT2D eigenvalue weighted by Crippen LogP contribution is 2.46. The monoisotopic (exact) mass is 334 g/mol. The first-order valence-electron chi connectivity index (χ1n) is 9.53. The van der Waals surface area contributed by atoms with Gasteiger partial charge >= 0.3 is 0 Å². The molecule has 0 spiro atoms. The summed E-state index contributed by atoms with van der Waals surface area (Å²) >= 11 is 0. The fourth-order valence-electron chi connectivity index (χ4n) is 3.03. The summed E-state index contributed by atoms with van der Waals surface area (Å²) in [5, 5.41) is 0. The van der Waals surface area contributed by atoms with Crippen LogP contribution in [0.15, 0.2) is 24.3 Å². The SMILES string of the molecule is CCOC(C)Oc1ccc(C(CC(C)(C)CC)C(C)(C)CC)cc1. The molecule has 0 N–H and O–H groups in total. The Kier molecular flexibility index (Phi) is 7.79. The van der Waals surface area contributed by atoms with Crippen molar-refractivity contribution in [1.82, 2.24) is 0 Å². The van der Waals surface area contributed by atoms with Crippen LogP contribution in [-0.4, -0.2) is 12.9 Å². The van der Waals surface area contributed by atoms with Crippen molar-refractivity contribution in [2.24, 2.45) is 10.8 Å². The van der Waals surface area contributed by atoms with Crippen molar-refractivity contribution in [3.63, 3.8) is 0 Å². The molecule has 2 atom stereocenters. The lowest BCUT2D eigenvalue weighted by Gasteiger charge is -2.39. The van der Waals surface area contributed by atoms with Gasteiger partial charge in [-0.3, -0.25) is 0 Å². The summed E-state index contributed by atoms with van der Waals surface area (Å²) in [7, 11) is 0. The topological polar surface area (TPSA) is 18.5 Å². The van der Waals surface area contributed by atoms with Gasteiger partial charge in [-0.1, -0.05) is 66.5 Å². The van der Waals surface area contributed by atoms with Crippen molar-refractivity contribution in [3.8, 4) is 5.75 Å². The molecule has 0 aromatic heterocycles. The zero-order valence-electron chi connectivity index (χ0n) is 17.1. The Morgan fingerprint density at radius 2 is 1.50 bits per heavy atom. The quantitative estimate of drug-likeness (QED) is 0.438.